The summed E-state index contributed by atoms with van der Waals surface area (Å²) in [4.78, 5) is 4.63. The van der Waals surface area contributed by atoms with Gasteiger partial charge in [0.25, 0.3) is 0 Å². The zero-order valence-corrected chi connectivity index (χ0v) is 18.6. The number of hydrogen-bond donors (Lipinski definition) is 2. The van der Waals surface area contributed by atoms with Crippen LogP contribution in [0.15, 0.2) is 47.5 Å². The molecule has 0 aromatic heterocycles. The van der Waals surface area contributed by atoms with E-state index >= 15 is 0 Å². The number of ether oxygens (including phenoxy) is 4. The smallest absolute Gasteiger partial charge is 0.195 e. The molecular weight excluding hydrogens is 418 g/mol. The third kappa shape index (κ3) is 8.28. The Labute approximate surface area is 188 Å². The first-order chi connectivity index (χ1) is 15.2. The quantitative estimate of drug-likeness (QED) is 0.328. The summed E-state index contributed by atoms with van der Waals surface area (Å²) in [5, 5.41) is 7.46. The molecule has 1 aliphatic heterocycles. The number of nitrogens with one attached hydrogen (secondary N) is 2. The first-order valence-corrected chi connectivity index (χ1v) is 10.9. The van der Waals surface area contributed by atoms with Crippen LogP contribution in [0, 0.1) is 0 Å². The van der Waals surface area contributed by atoms with Crippen molar-refractivity contribution in [3.05, 3.63) is 53.1 Å². The highest BCUT2D eigenvalue weighted by Crippen LogP contribution is 2.32. The highest BCUT2D eigenvalue weighted by molar-refractivity contribution is 6.30. The van der Waals surface area contributed by atoms with Crippen LogP contribution in [-0.2, 0) is 15.9 Å². The van der Waals surface area contributed by atoms with E-state index in [9.17, 15) is 0 Å². The lowest BCUT2D eigenvalue weighted by Gasteiger charge is -2.15. The zero-order valence-electron chi connectivity index (χ0n) is 17.9. The van der Waals surface area contributed by atoms with Crippen molar-refractivity contribution >= 4 is 23.2 Å². The number of anilines is 1. The summed E-state index contributed by atoms with van der Waals surface area (Å²) in [7, 11) is 1.66. The van der Waals surface area contributed by atoms with Crippen molar-refractivity contribution in [1.29, 1.82) is 0 Å². The van der Waals surface area contributed by atoms with Crippen LogP contribution in [0.25, 0.3) is 0 Å². The predicted octanol–water partition coefficient (Wildman–Crippen LogP) is 3.76. The van der Waals surface area contributed by atoms with Crippen LogP contribution in [0.1, 0.15) is 12.0 Å². The number of fused-ring (bicyclic) bond motifs is 1. The molecule has 0 radical (unpaired) electrons. The number of hydrogen-bond acceptors (Lipinski definition) is 5. The lowest BCUT2D eigenvalue weighted by molar-refractivity contribution is 0.0748. The lowest BCUT2D eigenvalue weighted by atomic mass is 10.1. The molecule has 31 heavy (non-hydrogen) atoms. The Hall–Kier alpha value is -2.48. The van der Waals surface area contributed by atoms with Crippen LogP contribution >= 0.6 is 11.6 Å². The standard InChI is InChI=1S/C23H30ClN3O4/c1-28-14-15-29-13-10-26-23(25-9-8-18-4-2-5-19(24)16-18)27-20-6-7-21-22(17-20)31-12-3-11-30-21/h2,4-7,16-17H,3,8-15H2,1H3,(H2,25,26,27). The van der Waals surface area contributed by atoms with Crippen molar-refractivity contribution in [3.63, 3.8) is 0 Å². The Kier molecular flexibility index (Phi) is 9.76. The Morgan fingerprint density at radius 1 is 1.06 bits per heavy atom. The molecule has 7 nitrogen and oxygen atoms in total. The fourth-order valence-corrected chi connectivity index (χ4v) is 3.21. The molecule has 2 aromatic rings. The van der Waals surface area contributed by atoms with Crippen molar-refractivity contribution < 1.29 is 18.9 Å². The molecule has 8 heteroatoms. The molecule has 0 unspecified atom stereocenters. The van der Waals surface area contributed by atoms with Gasteiger partial charge in [0.1, 0.15) is 0 Å². The molecule has 0 saturated heterocycles. The SMILES string of the molecule is COCCOCCN=C(NCCc1cccc(Cl)c1)Nc1ccc2c(c1)OCCCO2. The van der Waals surface area contributed by atoms with E-state index in [4.69, 9.17) is 30.5 Å². The van der Waals surface area contributed by atoms with Crippen LogP contribution < -0.4 is 20.1 Å². The van der Waals surface area contributed by atoms with Crippen LogP contribution in [0.4, 0.5) is 5.69 Å². The van der Waals surface area contributed by atoms with Gasteiger partial charge in [0.05, 0.1) is 39.6 Å². The fraction of sp³-hybridized carbons (Fsp3) is 0.435. The minimum absolute atomic E-state index is 0.519. The highest BCUT2D eigenvalue weighted by Gasteiger charge is 2.11. The van der Waals surface area contributed by atoms with Crippen LogP contribution in [-0.4, -0.2) is 59.2 Å². The van der Waals surface area contributed by atoms with E-state index in [-0.39, 0.29) is 0 Å². The van der Waals surface area contributed by atoms with E-state index in [2.05, 4.69) is 21.7 Å². The van der Waals surface area contributed by atoms with Crippen molar-refractivity contribution in [1.82, 2.24) is 5.32 Å². The second kappa shape index (κ2) is 13.0. The topological polar surface area (TPSA) is 73.3 Å². The van der Waals surface area contributed by atoms with Gasteiger partial charge in [0.15, 0.2) is 17.5 Å². The predicted molar refractivity (Wildman–Crippen MR) is 124 cm³/mol. The number of halogens is 1. The second-order valence-electron chi connectivity index (χ2n) is 6.98. The molecule has 0 fully saturated rings. The third-order valence-electron chi connectivity index (χ3n) is 4.54. The van der Waals surface area contributed by atoms with Gasteiger partial charge in [0, 0.05) is 36.9 Å². The van der Waals surface area contributed by atoms with E-state index in [1.165, 1.54) is 0 Å². The van der Waals surface area contributed by atoms with Gasteiger partial charge in [0.2, 0.25) is 0 Å². The van der Waals surface area contributed by atoms with Gasteiger partial charge in [-0.05, 0) is 36.2 Å². The maximum absolute atomic E-state index is 6.08. The highest BCUT2D eigenvalue weighted by atomic mass is 35.5. The number of guanidine groups is 1. The minimum Gasteiger partial charge on any atom is -0.490 e. The molecule has 0 aliphatic carbocycles. The molecule has 3 rings (SSSR count). The summed E-state index contributed by atoms with van der Waals surface area (Å²) in [6, 6.07) is 13.7. The molecule has 1 heterocycles. The van der Waals surface area contributed by atoms with Gasteiger partial charge in [-0.15, -0.1) is 0 Å². The van der Waals surface area contributed by atoms with Gasteiger partial charge in [-0.3, -0.25) is 4.99 Å². The van der Waals surface area contributed by atoms with Crippen LogP contribution in [0.5, 0.6) is 11.5 Å². The molecule has 0 bridgehead atoms. The summed E-state index contributed by atoms with van der Waals surface area (Å²) < 4.78 is 22.0. The first kappa shape index (κ1) is 23.2. The minimum atomic E-state index is 0.519. The number of benzene rings is 2. The number of methoxy groups -OCH3 is 1. The van der Waals surface area contributed by atoms with Crippen molar-refractivity contribution in [2.45, 2.75) is 12.8 Å². The van der Waals surface area contributed by atoms with Crippen molar-refractivity contribution in [3.8, 4) is 11.5 Å². The monoisotopic (exact) mass is 447 g/mol. The molecule has 168 valence electrons. The van der Waals surface area contributed by atoms with Crippen LogP contribution in [0.2, 0.25) is 5.02 Å². The maximum Gasteiger partial charge on any atom is 0.195 e. The van der Waals surface area contributed by atoms with E-state index < -0.39 is 0 Å². The zero-order chi connectivity index (χ0) is 21.7. The van der Waals surface area contributed by atoms with E-state index in [1.54, 1.807) is 7.11 Å². The van der Waals surface area contributed by atoms with Crippen molar-refractivity contribution in [2.75, 3.05) is 58.6 Å². The molecule has 2 aromatic carbocycles. The van der Waals surface area contributed by atoms with E-state index in [0.717, 1.165) is 40.6 Å². The normalized spacial score (nSPS) is 13.5. The molecule has 0 atom stereocenters. The van der Waals surface area contributed by atoms with Crippen LogP contribution in [0.3, 0.4) is 0 Å². The second-order valence-corrected chi connectivity index (χ2v) is 7.42. The molecule has 0 saturated carbocycles. The Morgan fingerprint density at radius 2 is 1.94 bits per heavy atom. The number of nitrogens with zero attached hydrogens (tertiary/aromatic N) is 1. The maximum atomic E-state index is 6.08. The first-order valence-electron chi connectivity index (χ1n) is 10.5. The van der Waals surface area contributed by atoms with Gasteiger partial charge < -0.3 is 29.6 Å². The fourth-order valence-electron chi connectivity index (χ4n) is 3.00. The largest absolute Gasteiger partial charge is 0.490 e. The summed E-state index contributed by atoms with van der Waals surface area (Å²) >= 11 is 6.08. The number of rotatable bonds is 10. The van der Waals surface area contributed by atoms with E-state index in [0.29, 0.717) is 52.1 Å². The third-order valence-corrected chi connectivity index (χ3v) is 4.78. The Balaban J connectivity index is 1.59. The molecular formula is C23H30ClN3O4. The molecule has 2 N–H and O–H groups in total. The van der Waals surface area contributed by atoms with Crippen molar-refractivity contribution in [2.24, 2.45) is 4.99 Å². The molecule has 1 aliphatic rings. The lowest BCUT2D eigenvalue weighted by Crippen LogP contribution is -2.33. The van der Waals surface area contributed by atoms with E-state index in [1.807, 2.05) is 36.4 Å². The summed E-state index contributed by atoms with van der Waals surface area (Å²) in [5.41, 5.74) is 2.04. The Morgan fingerprint density at radius 3 is 2.77 bits per heavy atom. The van der Waals surface area contributed by atoms with Gasteiger partial charge in [-0.2, -0.15) is 0 Å². The average Bonchev–Trinajstić information content (AvgIpc) is 3.01. The summed E-state index contributed by atoms with van der Waals surface area (Å²) in [6.45, 7) is 4.20. The number of aliphatic imine (C=N–C) groups is 1. The molecule has 0 spiro atoms. The summed E-state index contributed by atoms with van der Waals surface area (Å²) in [5.74, 6) is 2.18. The van der Waals surface area contributed by atoms with Gasteiger partial charge in [-0.1, -0.05) is 23.7 Å². The Bertz CT molecular complexity index is 847. The van der Waals surface area contributed by atoms with Gasteiger partial charge in [-0.25, -0.2) is 0 Å². The van der Waals surface area contributed by atoms with Gasteiger partial charge >= 0.3 is 0 Å². The molecule has 0 amide bonds. The summed E-state index contributed by atoms with van der Waals surface area (Å²) in [6.07, 6.45) is 1.70. The average molecular weight is 448 g/mol.